The number of fused-ring (bicyclic) bond motifs is 1. The molecular weight excluding hydrogens is 228 g/mol. The number of aromatic nitrogens is 1. The number of carbonyl (C=O) groups excluding carboxylic acids is 1. The molecule has 3 rings (SSSR count). The molecule has 2 aliphatic rings. The molecule has 3 N–H and O–H groups in total. The number of nitrogens with one attached hydrogen (secondary N) is 1. The zero-order valence-electron chi connectivity index (χ0n) is 10.3. The summed E-state index contributed by atoms with van der Waals surface area (Å²) < 4.78 is 0. The second kappa shape index (κ2) is 4.57. The van der Waals surface area contributed by atoms with Crippen molar-refractivity contribution >= 4 is 11.7 Å². The van der Waals surface area contributed by atoms with Crippen LogP contribution in [0.2, 0.25) is 0 Å². The van der Waals surface area contributed by atoms with Gasteiger partial charge in [0, 0.05) is 25.3 Å². The van der Waals surface area contributed by atoms with E-state index in [9.17, 15) is 4.79 Å². The van der Waals surface area contributed by atoms with Gasteiger partial charge in [0.1, 0.15) is 5.82 Å². The Morgan fingerprint density at radius 1 is 1.44 bits per heavy atom. The summed E-state index contributed by atoms with van der Waals surface area (Å²) in [5.74, 6) is 1.25. The number of hydrogen-bond acceptors (Lipinski definition) is 4. The smallest absolute Gasteiger partial charge is 0.250 e. The minimum atomic E-state index is -0.425. The van der Waals surface area contributed by atoms with E-state index in [-0.39, 0.29) is 0 Å². The zero-order valence-corrected chi connectivity index (χ0v) is 10.3. The van der Waals surface area contributed by atoms with Crippen LogP contribution >= 0.6 is 0 Å². The summed E-state index contributed by atoms with van der Waals surface area (Å²) in [6, 6.07) is 4.23. The molecule has 2 atom stereocenters. The summed E-state index contributed by atoms with van der Waals surface area (Å²) in [4.78, 5) is 17.6. The number of amides is 1. The van der Waals surface area contributed by atoms with Crippen molar-refractivity contribution in [2.24, 2.45) is 11.7 Å². The lowest BCUT2D eigenvalue weighted by Gasteiger charge is -2.24. The van der Waals surface area contributed by atoms with Gasteiger partial charge in [-0.25, -0.2) is 4.98 Å². The normalized spacial score (nSPS) is 27.0. The molecule has 0 radical (unpaired) electrons. The largest absolute Gasteiger partial charge is 0.366 e. The first kappa shape index (κ1) is 11.5. The number of carbonyl (C=O) groups is 1. The standard InChI is InChI=1S/C13H18N4O/c14-13(18)9-3-4-12(16-6-9)17-7-10-2-1-5-15-11(10)8-17/h3-4,6,10-11,15H,1-2,5,7-8H2,(H2,14,18)/t10-,11+/m0/s1. The molecule has 0 aliphatic carbocycles. The maximum absolute atomic E-state index is 11.0. The molecule has 0 saturated carbocycles. The Balaban J connectivity index is 1.73. The van der Waals surface area contributed by atoms with E-state index in [2.05, 4.69) is 15.2 Å². The van der Waals surface area contributed by atoms with E-state index in [1.165, 1.54) is 12.8 Å². The highest BCUT2D eigenvalue weighted by Crippen LogP contribution is 2.27. The highest BCUT2D eigenvalue weighted by molar-refractivity contribution is 5.92. The maximum Gasteiger partial charge on any atom is 0.250 e. The summed E-state index contributed by atoms with van der Waals surface area (Å²) in [5.41, 5.74) is 5.68. The van der Waals surface area contributed by atoms with Crippen molar-refractivity contribution in [3.63, 3.8) is 0 Å². The highest BCUT2D eigenvalue weighted by atomic mass is 16.1. The molecule has 1 amide bonds. The molecule has 1 aromatic heterocycles. The Morgan fingerprint density at radius 3 is 3.00 bits per heavy atom. The molecule has 2 fully saturated rings. The topological polar surface area (TPSA) is 71.2 Å². The fraction of sp³-hybridized carbons (Fsp3) is 0.538. The summed E-state index contributed by atoms with van der Waals surface area (Å²) >= 11 is 0. The van der Waals surface area contributed by atoms with Crippen LogP contribution in [0.3, 0.4) is 0 Å². The quantitative estimate of drug-likeness (QED) is 0.791. The van der Waals surface area contributed by atoms with E-state index in [1.807, 2.05) is 6.07 Å². The Hall–Kier alpha value is -1.62. The maximum atomic E-state index is 11.0. The first-order valence-corrected chi connectivity index (χ1v) is 6.48. The van der Waals surface area contributed by atoms with Crippen molar-refractivity contribution in [3.8, 4) is 0 Å². The molecule has 96 valence electrons. The van der Waals surface area contributed by atoms with Crippen LogP contribution in [0.1, 0.15) is 23.2 Å². The average Bonchev–Trinajstić information content (AvgIpc) is 2.82. The molecule has 5 nitrogen and oxygen atoms in total. The first-order valence-electron chi connectivity index (χ1n) is 6.48. The second-order valence-electron chi connectivity index (χ2n) is 5.14. The van der Waals surface area contributed by atoms with Gasteiger partial charge in [-0.1, -0.05) is 0 Å². The minimum Gasteiger partial charge on any atom is -0.366 e. The third-order valence-corrected chi connectivity index (χ3v) is 3.96. The number of pyridine rings is 1. The van der Waals surface area contributed by atoms with E-state index in [1.54, 1.807) is 12.3 Å². The Kier molecular flexibility index (Phi) is 2.91. The Labute approximate surface area is 106 Å². The predicted octanol–water partition coefficient (Wildman–Crippen LogP) is 0.369. The summed E-state index contributed by atoms with van der Waals surface area (Å²) in [5, 5.41) is 3.57. The lowest BCUT2D eigenvalue weighted by atomic mass is 9.94. The molecular formula is C13H18N4O. The zero-order chi connectivity index (χ0) is 12.5. The molecule has 0 spiro atoms. The van der Waals surface area contributed by atoms with Gasteiger partial charge in [0.05, 0.1) is 5.56 Å². The van der Waals surface area contributed by atoms with Gasteiger partial charge in [-0.2, -0.15) is 0 Å². The monoisotopic (exact) mass is 246 g/mol. The van der Waals surface area contributed by atoms with Gasteiger partial charge in [0.15, 0.2) is 0 Å². The van der Waals surface area contributed by atoms with Crippen molar-refractivity contribution < 1.29 is 4.79 Å². The molecule has 18 heavy (non-hydrogen) atoms. The van der Waals surface area contributed by atoms with E-state index >= 15 is 0 Å². The molecule has 5 heteroatoms. The third-order valence-electron chi connectivity index (χ3n) is 3.96. The van der Waals surface area contributed by atoms with Gasteiger partial charge in [-0.15, -0.1) is 0 Å². The van der Waals surface area contributed by atoms with Crippen molar-refractivity contribution in [2.75, 3.05) is 24.5 Å². The number of nitrogens with two attached hydrogens (primary N) is 1. The molecule has 0 aromatic carbocycles. The van der Waals surface area contributed by atoms with E-state index in [0.717, 1.165) is 31.4 Å². The van der Waals surface area contributed by atoms with E-state index < -0.39 is 5.91 Å². The van der Waals surface area contributed by atoms with Crippen molar-refractivity contribution in [3.05, 3.63) is 23.9 Å². The molecule has 3 heterocycles. The summed E-state index contributed by atoms with van der Waals surface area (Å²) in [6.07, 6.45) is 4.13. The molecule has 2 saturated heterocycles. The van der Waals surface area contributed by atoms with Gasteiger partial charge in [0.2, 0.25) is 5.91 Å². The van der Waals surface area contributed by atoms with Gasteiger partial charge >= 0.3 is 0 Å². The highest BCUT2D eigenvalue weighted by Gasteiger charge is 2.34. The molecule has 2 aliphatic heterocycles. The SMILES string of the molecule is NC(=O)c1ccc(N2C[C@@H]3CCCN[C@@H]3C2)nc1. The van der Waals surface area contributed by atoms with E-state index in [0.29, 0.717) is 11.6 Å². The van der Waals surface area contributed by atoms with Crippen molar-refractivity contribution in [1.82, 2.24) is 10.3 Å². The van der Waals surface area contributed by atoms with Crippen LogP contribution in [0.5, 0.6) is 0 Å². The van der Waals surface area contributed by atoms with Gasteiger partial charge < -0.3 is 16.0 Å². The van der Waals surface area contributed by atoms with Gasteiger partial charge in [0.25, 0.3) is 0 Å². The first-order chi connectivity index (χ1) is 8.74. The van der Waals surface area contributed by atoms with Crippen LogP contribution in [-0.2, 0) is 0 Å². The molecule has 1 aromatic rings. The number of hydrogen-bond donors (Lipinski definition) is 2. The van der Waals surface area contributed by atoms with Crippen LogP contribution in [0.15, 0.2) is 18.3 Å². The summed E-state index contributed by atoms with van der Waals surface area (Å²) in [7, 11) is 0. The fourth-order valence-electron chi connectivity index (χ4n) is 2.95. The van der Waals surface area contributed by atoms with Crippen molar-refractivity contribution in [1.29, 1.82) is 0 Å². The number of nitrogens with zero attached hydrogens (tertiary/aromatic N) is 2. The third kappa shape index (κ3) is 2.06. The lowest BCUT2D eigenvalue weighted by molar-refractivity contribution is 0.1000. The van der Waals surface area contributed by atoms with E-state index in [4.69, 9.17) is 5.73 Å². The lowest BCUT2D eigenvalue weighted by Crippen LogP contribution is -2.40. The Bertz CT molecular complexity index is 431. The number of rotatable bonds is 2. The summed E-state index contributed by atoms with van der Waals surface area (Å²) in [6.45, 7) is 3.19. The number of primary amides is 1. The van der Waals surface area contributed by atoms with Crippen LogP contribution in [0, 0.1) is 5.92 Å². The van der Waals surface area contributed by atoms with Crippen molar-refractivity contribution in [2.45, 2.75) is 18.9 Å². The molecule has 0 unspecified atom stereocenters. The van der Waals surface area contributed by atoms with Gasteiger partial charge in [-0.05, 0) is 37.4 Å². The fourth-order valence-corrected chi connectivity index (χ4v) is 2.95. The van der Waals surface area contributed by atoms with Crippen LogP contribution in [0.25, 0.3) is 0 Å². The average molecular weight is 246 g/mol. The predicted molar refractivity (Wildman–Crippen MR) is 69.5 cm³/mol. The van der Waals surface area contributed by atoms with Crippen LogP contribution in [0.4, 0.5) is 5.82 Å². The Morgan fingerprint density at radius 2 is 2.33 bits per heavy atom. The van der Waals surface area contributed by atoms with Crippen LogP contribution < -0.4 is 16.0 Å². The minimum absolute atomic E-state index is 0.425. The molecule has 0 bridgehead atoms. The van der Waals surface area contributed by atoms with Crippen LogP contribution in [-0.4, -0.2) is 36.6 Å². The van der Waals surface area contributed by atoms with Gasteiger partial charge in [-0.3, -0.25) is 4.79 Å². The number of piperidine rings is 1. The second-order valence-corrected chi connectivity index (χ2v) is 5.14. The number of anilines is 1.